The number of rotatable bonds is 1. The molecule has 2 rings (SSSR count). The van der Waals surface area contributed by atoms with Crippen molar-refractivity contribution in [2.45, 2.75) is 32.7 Å². The number of aromatic amines is 1. The largest absolute Gasteiger partial charge is 0.334 e. The Morgan fingerprint density at radius 1 is 1.41 bits per heavy atom. The smallest absolute Gasteiger partial charge is 0.274 e. The summed E-state index contributed by atoms with van der Waals surface area (Å²) in [6.07, 6.45) is 2.18. The lowest BCUT2D eigenvalue weighted by Gasteiger charge is -2.36. The molecule has 1 amide bonds. The van der Waals surface area contributed by atoms with Crippen molar-refractivity contribution in [1.29, 1.82) is 0 Å². The molecule has 0 radical (unpaired) electrons. The van der Waals surface area contributed by atoms with Crippen LogP contribution in [0.1, 0.15) is 37.2 Å². The number of H-pyrrole nitrogens is 1. The van der Waals surface area contributed by atoms with Gasteiger partial charge in [-0.1, -0.05) is 6.92 Å². The summed E-state index contributed by atoms with van der Waals surface area (Å²) in [7, 11) is 0. The third-order valence-corrected chi connectivity index (χ3v) is 3.28. The average molecular weight is 235 g/mol. The zero-order chi connectivity index (χ0) is 12.4. The highest BCUT2D eigenvalue weighted by Crippen LogP contribution is 2.22. The highest BCUT2D eigenvalue weighted by atomic mass is 16.2. The molecular weight excluding hydrogens is 218 g/mol. The van der Waals surface area contributed by atoms with Gasteiger partial charge < -0.3 is 4.90 Å². The summed E-state index contributed by atoms with van der Waals surface area (Å²) >= 11 is 0. The van der Waals surface area contributed by atoms with E-state index in [1.165, 1.54) is 12.1 Å². The first kappa shape index (κ1) is 11.8. The molecule has 2 unspecified atom stereocenters. The van der Waals surface area contributed by atoms with Crippen molar-refractivity contribution in [3.8, 4) is 0 Å². The number of carbonyl (C=O) groups excluding carboxylic acids is 1. The number of nitrogens with zero attached hydrogens (tertiary/aromatic N) is 2. The maximum Gasteiger partial charge on any atom is 0.274 e. The maximum atomic E-state index is 12.2. The molecule has 0 spiro atoms. The predicted octanol–water partition coefficient (Wildman–Crippen LogP) is 1.03. The standard InChI is InChI=1S/C12H17N3O2/c1-8-3-4-9(2)15(7-8)12(17)10-5-6-11(16)14-13-10/h5-6,8-9H,3-4,7H2,1-2H3,(H,14,16). The van der Waals surface area contributed by atoms with Gasteiger partial charge in [0.15, 0.2) is 0 Å². The number of hydrogen-bond acceptors (Lipinski definition) is 3. The van der Waals surface area contributed by atoms with Gasteiger partial charge in [-0.25, -0.2) is 5.10 Å². The SMILES string of the molecule is CC1CCC(C)N(C(=O)c2ccc(=O)[nH]n2)C1. The highest BCUT2D eigenvalue weighted by Gasteiger charge is 2.28. The van der Waals surface area contributed by atoms with E-state index in [2.05, 4.69) is 24.0 Å². The second-order valence-corrected chi connectivity index (χ2v) is 4.80. The summed E-state index contributed by atoms with van der Waals surface area (Å²) in [5.41, 5.74) is 0.0205. The summed E-state index contributed by atoms with van der Waals surface area (Å²) in [5.74, 6) is 0.429. The van der Waals surface area contributed by atoms with E-state index in [4.69, 9.17) is 0 Å². The summed E-state index contributed by atoms with van der Waals surface area (Å²) < 4.78 is 0. The number of aromatic nitrogens is 2. The average Bonchev–Trinajstić information content (AvgIpc) is 2.32. The maximum absolute atomic E-state index is 12.2. The van der Waals surface area contributed by atoms with Crippen LogP contribution in [0.2, 0.25) is 0 Å². The van der Waals surface area contributed by atoms with Gasteiger partial charge in [0.2, 0.25) is 0 Å². The monoisotopic (exact) mass is 235 g/mol. The third kappa shape index (κ3) is 2.54. The second kappa shape index (κ2) is 4.69. The topological polar surface area (TPSA) is 66.1 Å². The molecule has 5 nitrogen and oxygen atoms in total. The van der Waals surface area contributed by atoms with Gasteiger partial charge in [-0.3, -0.25) is 9.59 Å². The van der Waals surface area contributed by atoms with Crippen molar-refractivity contribution >= 4 is 5.91 Å². The fourth-order valence-electron chi connectivity index (χ4n) is 2.18. The normalized spacial score (nSPS) is 24.7. The van der Waals surface area contributed by atoms with Crippen molar-refractivity contribution in [3.05, 3.63) is 28.2 Å². The number of nitrogens with one attached hydrogen (secondary N) is 1. The molecular formula is C12H17N3O2. The lowest BCUT2D eigenvalue weighted by molar-refractivity contribution is 0.0566. The Labute approximate surface area is 99.8 Å². The fourth-order valence-corrected chi connectivity index (χ4v) is 2.18. The van der Waals surface area contributed by atoms with E-state index in [-0.39, 0.29) is 17.5 Å². The predicted molar refractivity (Wildman–Crippen MR) is 63.8 cm³/mol. The molecule has 1 aromatic rings. The molecule has 92 valence electrons. The minimum absolute atomic E-state index is 0.0969. The number of piperidine rings is 1. The fraction of sp³-hybridized carbons (Fsp3) is 0.583. The van der Waals surface area contributed by atoms with Crippen LogP contribution in [0.3, 0.4) is 0 Å². The van der Waals surface area contributed by atoms with Gasteiger partial charge in [0.05, 0.1) is 0 Å². The summed E-state index contributed by atoms with van der Waals surface area (Å²) in [4.78, 5) is 24.9. The Morgan fingerprint density at radius 3 is 2.82 bits per heavy atom. The molecule has 1 aromatic heterocycles. The van der Waals surface area contributed by atoms with Crippen molar-refractivity contribution < 1.29 is 4.79 Å². The van der Waals surface area contributed by atoms with E-state index < -0.39 is 0 Å². The number of amides is 1. The Hall–Kier alpha value is -1.65. The lowest BCUT2D eigenvalue weighted by atomic mass is 9.95. The first-order valence-corrected chi connectivity index (χ1v) is 5.94. The van der Waals surface area contributed by atoms with Gasteiger partial charge in [-0.15, -0.1) is 0 Å². The van der Waals surface area contributed by atoms with Crippen LogP contribution >= 0.6 is 0 Å². The van der Waals surface area contributed by atoms with Crippen LogP contribution in [0, 0.1) is 5.92 Å². The van der Waals surface area contributed by atoms with Crippen LogP contribution in [0.5, 0.6) is 0 Å². The van der Waals surface area contributed by atoms with E-state index in [9.17, 15) is 9.59 Å². The summed E-state index contributed by atoms with van der Waals surface area (Å²) in [6, 6.07) is 3.05. The van der Waals surface area contributed by atoms with Crippen molar-refractivity contribution in [2.24, 2.45) is 5.92 Å². The molecule has 5 heteroatoms. The molecule has 1 N–H and O–H groups in total. The van der Waals surface area contributed by atoms with E-state index >= 15 is 0 Å². The molecule has 2 atom stereocenters. The van der Waals surface area contributed by atoms with Crippen molar-refractivity contribution in [1.82, 2.24) is 15.1 Å². The van der Waals surface area contributed by atoms with Gasteiger partial charge in [-0.2, -0.15) is 5.10 Å². The van der Waals surface area contributed by atoms with Crippen molar-refractivity contribution in [3.63, 3.8) is 0 Å². The Kier molecular flexibility index (Phi) is 3.26. The molecule has 0 aromatic carbocycles. The van der Waals surface area contributed by atoms with Crippen LogP contribution in [-0.2, 0) is 0 Å². The second-order valence-electron chi connectivity index (χ2n) is 4.80. The number of carbonyl (C=O) groups is 1. The first-order valence-electron chi connectivity index (χ1n) is 5.94. The summed E-state index contributed by atoms with van der Waals surface area (Å²) in [5, 5.41) is 6.08. The van der Waals surface area contributed by atoms with E-state index in [0.29, 0.717) is 11.6 Å². The van der Waals surface area contributed by atoms with Crippen LogP contribution < -0.4 is 5.56 Å². The van der Waals surface area contributed by atoms with Gasteiger partial charge in [0.25, 0.3) is 11.5 Å². The highest BCUT2D eigenvalue weighted by molar-refractivity contribution is 5.92. The minimum Gasteiger partial charge on any atom is -0.334 e. The van der Waals surface area contributed by atoms with Gasteiger partial charge >= 0.3 is 0 Å². The zero-order valence-electron chi connectivity index (χ0n) is 10.1. The van der Waals surface area contributed by atoms with Crippen LogP contribution in [0.4, 0.5) is 0 Å². The zero-order valence-corrected chi connectivity index (χ0v) is 10.1. The Morgan fingerprint density at radius 2 is 2.18 bits per heavy atom. The molecule has 1 aliphatic rings. The van der Waals surface area contributed by atoms with Gasteiger partial charge in [-0.05, 0) is 31.7 Å². The lowest BCUT2D eigenvalue weighted by Crippen LogP contribution is -2.45. The van der Waals surface area contributed by atoms with Crippen LogP contribution in [0.25, 0.3) is 0 Å². The van der Waals surface area contributed by atoms with E-state index in [0.717, 1.165) is 19.4 Å². The van der Waals surface area contributed by atoms with Crippen molar-refractivity contribution in [2.75, 3.05) is 6.54 Å². The molecule has 17 heavy (non-hydrogen) atoms. The van der Waals surface area contributed by atoms with Gasteiger partial charge in [0, 0.05) is 18.7 Å². The number of likely N-dealkylation sites (tertiary alicyclic amines) is 1. The van der Waals surface area contributed by atoms with Crippen LogP contribution in [0.15, 0.2) is 16.9 Å². The molecule has 0 aliphatic carbocycles. The van der Waals surface area contributed by atoms with Gasteiger partial charge in [0.1, 0.15) is 5.69 Å². The quantitative estimate of drug-likeness (QED) is 0.790. The molecule has 1 fully saturated rings. The Bertz CT molecular complexity index is 449. The summed E-state index contributed by atoms with van der Waals surface area (Å²) in [6.45, 7) is 4.96. The number of hydrogen-bond donors (Lipinski definition) is 1. The van der Waals surface area contributed by atoms with Crippen LogP contribution in [-0.4, -0.2) is 33.6 Å². The van der Waals surface area contributed by atoms with E-state index in [1.54, 1.807) is 0 Å². The third-order valence-electron chi connectivity index (χ3n) is 3.28. The molecule has 1 saturated heterocycles. The first-order chi connectivity index (χ1) is 8.08. The minimum atomic E-state index is -0.290. The van der Waals surface area contributed by atoms with E-state index in [1.807, 2.05) is 4.90 Å². The molecule has 1 aliphatic heterocycles. The molecule has 0 bridgehead atoms. The molecule has 2 heterocycles. The molecule has 0 saturated carbocycles. The Balaban J connectivity index is 2.18.